The van der Waals surface area contributed by atoms with Gasteiger partial charge in [-0.15, -0.1) is 0 Å². The van der Waals surface area contributed by atoms with E-state index in [1.807, 2.05) is 0 Å². The summed E-state index contributed by atoms with van der Waals surface area (Å²) in [6.45, 7) is 2.84. The fourth-order valence-electron chi connectivity index (χ4n) is 4.82. The van der Waals surface area contributed by atoms with Crippen molar-refractivity contribution in [2.24, 2.45) is 4.99 Å². The Labute approximate surface area is 152 Å². The number of ether oxygens (including phenoxy) is 2. The Kier molecular flexibility index (Phi) is 3.58. The molecule has 1 aliphatic carbocycles. The minimum absolute atomic E-state index is 0.0937. The minimum Gasteiger partial charge on any atom is -0.457 e. The van der Waals surface area contributed by atoms with Crippen molar-refractivity contribution < 1.29 is 18.3 Å². The average molecular weight is 362 g/mol. The van der Waals surface area contributed by atoms with Gasteiger partial charge in [0.15, 0.2) is 0 Å². The molecular weight excluding hydrogens is 338 g/mol. The molecule has 0 unspecified atom stereocenters. The molecule has 3 aliphatic heterocycles. The highest BCUT2D eigenvalue weighted by atomic mass is 19.3. The molecule has 1 aromatic carbocycles. The minimum atomic E-state index is -2.54. The van der Waals surface area contributed by atoms with Crippen LogP contribution in [-0.2, 0) is 21.7 Å². The van der Waals surface area contributed by atoms with E-state index in [1.165, 1.54) is 11.1 Å². The largest absolute Gasteiger partial charge is 0.457 e. The van der Waals surface area contributed by atoms with Crippen molar-refractivity contribution in [3.05, 3.63) is 35.4 Å². The zero-order valence-corrected chi connectivity index (χ0v) is 14.8. The van der Waals surface area contributed by atoms with Crippen LogP contribution in [0.2, 0.25) is 0 Å². The second kappa shape index (κ2) is 5.65. The maximum Gasteiger partial charge on any atom is 0.288 e. The standard InChI is InChI=1S/C20H24F2N2O2/c21-20(22)7-5-18(6-8-20)14-23-17(26-18)24-11-9-19(10-12-24)16-4-2-1-3-15(16)13-25-19/h1-4H,5-14H2. The molecule has 140 valence electrons. The van der Waals surface area contributed by atoms with Gasteiger partial charge in [0.05, 0.1) is 18.8 Å². The maximum absolute atomic E-state index is 13.5. The van der Waals surface area contributed by atoms with Crippen LogP contribution >= 0.6 is 0 Å². The number of benzene rings is 1. The Morgan fingerprint density at radius 2 is 1.69 bits per heavy atom. The van der Waals surface area contributed by atoms with Crippen LogP contribution in [0.3, 0.4) is 0 Å². The summed E-state index contributed by atoms with van der Waals surface area (Å²) in [6, 6.07) is 9.11. The van der Waals surface area contributed by atoms with E-state index < -0.39 is 11.5 Å². The Balaban J connectivity index is 1.24. The molecular formula is C20H24F2N2O2. The lowest BCUT2D eigenvalue weighted by molar-refractivity contribution is -0.0955. The molecule has 6 heteroatoms. The number of piperidine rings is 1. The van der Waals surface area contributed by atoms with Crippen LogP contribution in [0.25, 0.3) is 0 Å². The van der Waals surface area contributed by atoms with Gasteiger partial charge in [-0.05, 0) is 36.8 Å². The summed E-state index contributed by atoms with van der Waals surface area (Å²) in [5.74, 6) is -2.54. The second-order valence-electron chi connectivity index (χ2n) is 8.17. The van der Waals surface area contributed by atoms with Crippen molar-refractivity contribution in [3.8, 4) is 0 Å². The van der Waals surface area contributed by atoms with Crippen LogP contribution in [0.1, 0.15) is 49.7 Å². The van der Waals surface area contributed by atoms with Crippen LogP contribution in [0.4, 0.5) is 8.78 Å². The summed E-state index contributed by atoms with van der Waals surface area (Å²) < 4.78 is 39.3. The van der Waals surface area contributed by atoms with Gasteiger partial charge in [0.25, 0.3) is 6.02 Å². The van der Waals surface area contributed by atoms with E-state index in [9.17, 15) is 8.78 Å². The van der Waals surface area contributed by atoms with E-state index in [2.05, 4.69) is 34.2 Å². The number of likely N-dealkylation sites (tertiary alicyclic amines) is 1. The summed E-state index contributed by atoms with van der Waals surface area (Å²) in [5.41, 5.74) is 1.93. The number of halogens is 2. The smallest absolute Gasteiger partial charge is 0.288 e. The first-order valence-corrected chi connectivity index (χ1v) is 9.58. The second-order valence-corrected chi connectivity index (χ2v) is 8.17. The summed E-state index contributed by atoms with van der Waals surface area (Å²) in [4.78, 5) is 6.74. The number of alkyl halides is 2. The van der Waals surface area contributed by atoms with Crippen molar-refractivity contribution in [1.82, 2.24) is 4.90 Å². The highest BCUT2D eigenvalue weighted by Gasteiger charge is 2.49. The third-order valence-corrected chi connectivity index (χ3v) is 6.56. The zero-order chi connectivity index (χ0) is 17.8. The molecule has 3 heterocycles. The van der Waals surface area contributed by atoms with Crippen molar-refractivity contribution in [3.63, 3.8) is 0 Å². The first-order valence-electron chi connectivity index (χ1n) is 9.58. The lowest BCUT2D eigenvalue weighted by atomic mass is 9.83. The Morgan fingerprint density at radius 1 is 0.962 bits per heavy atom. The highest BCUT2D eigenvalue weighted by molar-refractivity contribution is 5.76. The number of nitrogens with zero attached hydrogens (tertiary/aromatic N) is 2. The molecule has 2 spiro atoms. The molecule has 0 atom stereocenters. The topological polar surface area (TPSA) is 34.1 Å². The molecule has 1 aromatic rings. The fourth-order valence-corrected chi connectivity index (χ4v) is 4.82. The Bertz CT molecular complexity index is 731. The number of fused-ring (bicyclic) bond motifs is 2. The lowest BCUT2D eigenvalue weighted by Crippen LogP contribution is -2.47. The third-order valence-electron chi connectivity index (χ3n) is 6.56. The normalized spacial score (nSPS) is 28.1. The zero-order valence-electron chi connectivity index (χ0n) is 14.8. The highest BCUT2D eigenvalue weighted by Crippen LogP contribution is 2.46. The maximum atomic E-state index is 13.5. The Morgan fingerprint density at radius 3 is 2.46 bits per heavy atom. The van der Waals surface area contributed by atoms with E-state index >= 15 is 0 Å². The molecule has 1 saturated carbocycles. The van der Waals surface area contributed by atoms with Gasteiger partial charge in [-0.2, -0.15) is 0 Å². The molecule has 4 aliphatic rings. The van der Waals surface area contributed by atoms with Crippen LogP contribution in [0, 0.1) is 0 Å². The van der Waals surface area contributed by atoms with Crippen molar-refractivity contribution in [1.29, 1.82) is 0 Å². The number of aliphatic imine (C=N–C) groups is 1. The van der Waals surface area contributed by atoms with Crippen LogP contribution in [0.5, 0.6) is 0 Å². The fraction of sp³-hybridized carbons (Fsp3) is 0.650. The third kappa shape index (κ3) is 2.61. The predicted molar refractivity (Wildman–Crippen MR) is 93.2 cm³/mol. The van der Waals surface area contributed by atoms with E-state index in [1.54, 1.807) is 0 Å². The van der Waals surface area contributed by atoms with E-state index in [0.29, 0.717) is 32.0 Å². The van der Waals surface area contributed by atoms with Crippen LogP contribution in [0.15, 0.2) is 29.3 Å². The van der Waals surface area contributed by atoms with Gasteiger partial charge in [0.1, 0.15) is 5.60 Å². The molecule has 0 bridgehead atoms. The summed E-state index contributed by atoms with van der Waals surface area (Å²) in [5, 5.41) is 0. The van der Waals surface area contributed by atoms with Crippen molar-refractivity contribution in [2.45, 2.75) is 62.3 Å². The van der Waals surface area contributed by atoms with Gasteiger partial charge in [0, 0.05) is 25.9 Å². The van der Waals surface area contributed by atoms with Gasteiger partial charge in [-0.25, -0.2) is 13.8 Å². The van der Waals surface area contributed by atoms with Gasteiger partial charge < -0.3 is 14.4 Å². The Hall–Kier alpha value is -1.69. The number of rotatable bonds is 0. The van der Waals surface area contributed by atoms with Crippen molar-refractivity contribution in [2.75, 3.05) is 19.6 Å². The van der Waals surface area contributed by atoms with Crippen molar-refractivity contribution >= 4 is 6.02 Å². The number of hydrogen-bond donors (Lipinski definition) is 0. The molecule has 0 N–H and O–H groups in total. The summed E-state index contributed by atoms with van der Waals surface area (Å²) >= 11 is 0. The van der Waals surface area contributed by atoms with Crippen LogP contribution < -0.4 is 0 Å². The lowest BCUT2D eigenvalue weighted by Gasteiger charge is -2.41. The molecule has 0 radical (unpaired) electrons. The van der Waals surface area contributed by atoms with Gasteiger partial charge in [0.2, 0.25) is 5.92 Å². The van der Waals surface area contributed by atoms with E-state index in [4.69, 9.17) is 9.47 Å². The predicted octanol–water partition coefficient (Wildman–Crippen LogP) is 3.84. The summed E-state index contributed by atoms with van der Waals surface area (Å²) in [6.07, 6.45) is 2.39. The molecule has 26 heavy (non-hydrogen) atoms. The molecule has 0 amide bonds. The molecule has 0 aromatic heterocycles. The molecule has 4 nitrogen and oxygen atoms in total. The molecule has 2 fully saturated rings. The molecule has 5 rings (SSSR count). The average Bonchev–Trinajstić information content (AvgIpc) is 3.23. The number of amidine groups is 1. The van der Waals surface area contributed by atoms with Crippen LogP contribution in [-0.4, -0.2) is 42.1 Å². The summed E-state index contributed by atoms with van der Waals surface area (Å²) in [7, 11) is 0. The SMILES string of the molecule is FC1(F)CCC2(CC1)CN=C(N1CCC3(CC1)OCc1ccccc13)O2. The molecule has 1 saturated heterocycles. The monoisotopic (exact) mass is 362 g/mol. The van der Waals surface area contributed by atoms with Gasteiger partial charge in [-0.3, -0.25) is 0 Å². The van der Waals surface area contributed by atoms with Gasteiger partial charge >= 0.3 is 0 Å². The van der Waals surface area contributed by atoms with E-state index in [0.717, 1.165) is 25.9 Å². The van der Waals surface area contributed by atoms with Gasteiger partial charge in [-0.1, -0.05) is 24.3 Å². The number of hydrogen-bond acceptors (Lipinski definition) is 4. The first kappa shape index (κ1) is 16.5. The first-order chi connectivity index (χ1) is 12.5. The van der Waals surface area contributed by atoms with E-state index in [-0.39, 0.29) is 18.4 Å². The quantitative estimate of drug-likeness (QED) is 0.703.